The van der Waals surface area contributed by atoms with Gasteiger partial charge in [0.25, 0.3) is 0 Å². The van der Waals surface area contributed by atoms with E-state index in [1.807, 2.05) is 32.9 Å². The first-order chi connectivity index (χ1) is 9.67. The number of carbonyl (C=O) groups excluding carboxylic acids is 1. The molecule has 0 aliphatic rings. The lowest BCUT2D eigenvalue weighted by Crippen LogP contribution is -2.25. The Labute approximate surface area is 140 Å². The molecule has 118 valence electrons. The lowest BCUT2D eigenvalue weighted by atomic mass is 10.2. The molecule has 0 saturated carbocycles. The van der Waals surface area contributed by atoms with E-state index < -0.39 is 5.60 Å². The molecule has 0 aliphatic heterocycles. The van der Waals surface area contributed by atoms with Crippen LogP contribution in [0.1, 0.15) is 40.2 Å². The van der Waals surface area contributed by atoms with E-state index in [0.29, 0.717) is 11.8 Å². The zero-order chi connectivity index (χ0) is 16.0. The van der Waals surface area contributed by atoms with Gasteiger partial charge in [0.15, 0.2) is 0 Å². The van der Waals surface area contributed by atoms with Crippen LogP contribution in [-0.2, 0) is 16.1 Å². The van der Waals surface area contributed by atoms with Crippen LogP contribution >= 0.6 is 27.7 Å². The summed E-state index contributed by atoms with van der Waals surface area (Å²) in [5, 5.41) is 3.40. The maximum Gasteiger partial charge on any atom is 0.316 e. The SMILES string of the molecule is CC(C)NCc1ccc(Br)cc1SCC(=O)OC(C)(C)C. The summed E-state index contributed by atoms with van der Waals surface area (Å²) >= 11 is 5.00. The van der Waals surface area contributed by atoms with Crippen LogP contribution in [0.5, 0.6) is 0 Å². The number of nitrogens with one attached hydrogen (secondary N) is 1. The second-order valence-electron chi connectivity index (χ2n) is 6.16. The van der Waals surface area contributed by atoms with Crippen molar-refractivity contribution in [1.29, 1.82) is 0 Å². The van der Waals surface area contributed by atoms with E-state index in [-0.39, 0.29) is 5.97 Å². The quantitative estimate of drug-likeness (QED) is 0.592. The van der Waals surface area contributed by atoms with E-state index in [0.717, 1.165) is 15.9 Å². The smallest absolute Gasteiger partial charge is 0.316 e. The molecule has 21 heavy (non-hydrogen) atoms. The molecule has 0 heterocycles. The molecule has 0 atom stereocenters. The van der Waals surface area contributed by atoms with Crippen LogP contribution in [-0.4, -0.2) is 23.4 Å². The summed E-state index contributed by atoms with van der Waals surface area (Å²) in [6.45, 7) is 10.7. The fourth-order valence-corrected chi connectivity index (χ4v) is 3.01. The third kappa shape index (κ3) is 7.88. The molecule has 0 fully saturated rings. The standard InChI is InChI=1S/C16H24BrNO2S/c1-11(2)18-9-12-6-7-13(17)8-14(12)21-10-15(19)20-16(3,4)5/h6-8,11,18H,9-10H2,1-5H3. The number of carbonyl (C=O) groups is 1. The number of esters is 1. The lowest BCUT2D eigenvalue weighted by Gasteiger charge is -2.19. The monoisotopic (exact) mass is 373 g/mol. The highest BCUT2D eigenvalue weighted by atomic mass is 79.9. The van der Waals surface area contributed by atoms with Gasteiger partial charge in [-0.3, -0.25) is 4.79 Å². The van der Waals surface area contributed by atoms with E-state index in [1.165, 1.54) is 17.3 Å². The van der Waals surface area contributed by atoms with Crippen LogP contribution in [0.3, 0.4) is 0 Å². The average molecular weight is 374 g/mol. The summed E-state index contributed by atoms with van der Waals surface area (Å²) in [5.74, 6) is 0.137. The maximum absolute atomic E-state index is 11.8. The minimum Gasteiger partial charge on any atom is -0.459 e. The van der Waals surface area contributed by atoms with E-state index in [9.17, 15) is 4.79 Å². The first kappa shape index (κ1) is 18.5. The highest BCUT2D eigenvalue weighted by Gasteiger charge is 2.17. The molecule has 0 aliphatic carbocycles. The van der Waals surface area contributed by atoms with Crippen LogP contribution in [0.15, 0.2) is 27.6 Å². The second kappa shape index (κ2) is 8.20. The third-order valence-electron chi connectivity index (χ3n) is 2.50. The molecule has 1 aromatic carbocycles. The Morgan fingerprint density at radius 3 is 2.62 bits per heavy atom. The Bertz CT molecular complexity index is 484. The summed E-state index contributed by atoms with van der Waals surface area (Å²) in [7, 11) is 0. The van der Waals surface area contributed by atoms with Gasteiger partial charge in [0.05, 0.1) is 5.75 Å². The van der Waals surface area contributed by atoms with Crippen molar-refractivity contribution < 1.29 is 9.53 Å². The van der Waals surface area contributed by atoms with Crippen molar-refractivity contribution >= 4 is 33.7 Å². The van der Waals surface area contributed by atoms with Gasteiger partial charge < -0.3 is 10.1 Å². The highest BCUT2D eigenvalue weighted by molar-refractivity contribution is 9.10. The summed E-state index contributed by atoms with van der Waals surface area (Å²) in [5.41, 5.74) is 0.761. The second-order valence-corrected chi connectivity index (χ2v) is 8.10. The number of ether oxygens (including phenoxy) is 1. The summed E-state index contributed by atoms with van der Waals surface area (Å²) < 4.78 is 6.36. The third-order valence-corrected chi connectivity index (χ3v) is 4.06. The van der Waals surface area contributed by atoms with Crippen LogP contribution in [0.25, 0.3) is 0 Å². The van der Waals surface area contributed by atoms with Crippen LogP contribution in [0.2, 0.25) is 0 Å². The molecule has 1 rings (SSSR count). The first-order valence-corrected chi connectivity index (χ1v) is 8.81. The number of halogens is 1. The zero-order valence-electron chi connectivity index (χ0n) is 13.3. The highest BCUT2D eigenvalue weighted by Crippen LogP contribution is 2.27. The van der Waals surface area contributed by atoms with Gasteiger partial charge in [-0.1, -0.05) is 35.8 Å². The Morgan fingerprint density at radius 2 is 2.05 bits per heavy atom. The Kier molecular flexibility index (Phi) is 7.24. The molecular weight excluding hydrogens is 350 g/mol. The van der Waals surface area contributed by atoms with Gasteiger partial charge >= 0.3 is 5.97 Å². The first-order valence-electron chi connectivity index (χ1n) is 7.04. The predicted molar refractivity (Wildman–Crippen MR) is 92.7 cm³/mol. The summed E-state index contributed by atoms with van der Waals surface area (Å²) in [6.07, 6.45) is 0. The minimum absolute atomic E-state index is 0.185. The van der Waals surface area contributed by atoms with Gasteiger partial charge in [-0.25, -0.2) is 0 Å². The molecule has 5 heteroatoms. The topological polar surface area (TPSA) is 38.3 Å². The summed E-state index contributed by atoms with van der Waals surface area (Å²) in [6, 6.07) is 6.58. The van der Waals surface area contributed by atoms with E-state index in [4.69, 9.17) is 4.74 Å². The van der Waals surface area contributed by atoms with E-state index in [1.54, 1.807) is 0 Å². The Morgan fingerprint density at radius 1 is 1.38 bits per heavy atom. The van der Waals surface area contributed by atoms with Crippen molar-refractivity contribution in [2.45, 2.75) is 57.7 Å². The molecule has 0 radical (unpaired) electrons. The van der Waals surface area contributed by atoms with Crippen LogP contribution in [0.4, 0.5) is 0 Å². The van der Waals surface area contributed by atoms with E-state index >= 15 is 0 Å². The van der Waals surface area contributed by atoms with Gasteiger partial charge in [0.2, 0.25) is 0 Å². The fraction of sp³-hybridized carbons (Fsp3) is 0.562. The average Bonchev–Trinajstić information content (AvgIpc) is 2.33. The Hall–Kier alpha value is -0.520. The molecule has 0 spiro atoms. The van der Waals surface area contributed by atoms with Gasteiger partial charge in [-0.15, -0.1) is 11.8 Å². The van der Waals surface area contributed by atoms with Crippen molar-refractivity contribution in [3.05, 3.63) is 28.2 Å². The largest absolute Gasteiger partial charge is 0.459 e. The van der Waals surface area contributed by atoms with E-state index in [2.05, 4.69) is 41.2 Å². The lowest BCUT2D eigenvalue weighted by molar-refractivity contribution is -0.151. The van der Waals surface area contributed by atoms with Crippen molar-refractivity contribution in [2.24, 2.45) is 0 Å². The van der Waals surface area contributed by atoms with Crippen molar-refractivity contribution in [3.8, 4) is 0 Å². The van der Waals surface area contributed by atoms with Crippen molar-refractivity contribution in [1.82, 2.24) is 5.32 Å². The van der Waals surface area contributed by atoms with Gasteiger partial charge in [0.1, 0.15) is 5.60 Å². The maximum atomic E-state index is 11.8. The van der Waals surface area contributed by atoms with Crippen molar-refractivity contribution in [3.63, 3.8) is 0 Å². The zero-order valence-corrected chi connectivity index (χ0v) is 15.7. The molecule has 1 aromatic rings. The van der Waals surface area contributed by atoms with Gasteiger partial charge in [-0.2, -0.15) is 0 Å². The van der Waals surface area contributed by atoms with Crippen LogP contribution in [0, 0.1) is 0 Å². The van der Waals surface area contributed by atoms with Crippen LogP contribution < -0.4 is 5.32 Å². The number of thioether (sulfide) groups is 1. The molecule has 3 nitrogen and oxygen atoms in total. The molecule has 0 saturated heterocycles. The van der Waals surface area contributed by atoms with Crippen molar-refractivity contribution in [2.75, 3.05) is 5.75 Å². The van der Waals surface area contributed by atoms with Gasteiger partial charge in [-0.05, 0) is 38.5 Å². The number of rotatable bonds is 6. The molecule has 0 bridgehead atoms. The fourth-order valence-electron chi connectivity index (χ4n) is 1.63. The molecule has 1 N–H and O–H groups in total. The number of hydrogen-bond acceptors (Lipinski definition) is 4. The number of benzene rings is 1. The number of hydrogen-bond donors (Lipinski definition) is 1. The normalized spacial score (nSPS) is 11.8. The minimum atomic E-state index is -0.434. The Balaban J connectivity index is 2.68. The molecular formula is C16H24BrNO2S. The summed E-state index contributed by atoms with van der Waals surface area (Å²) in [4.78, 5) is 12.9. The van der Waals surface area contributed by atoms with Gasteiger partial charge in [0, 0.05) is 22.0 Å². The molecule has 0 amide bonds. The predicted octanol–water partition coefficient (Wildman–Crippen LogP) is 4.38. The molecule has 0 aromatic heterocycles. The molecule has 0 unspecified atom stereocenters.